The number of hydrogen-bond donors (Lipinski definition) is 1. The van der Waals surface area contributed by atoms with Crippen molar-refractivity contribution >= 4 is 22.7 Å². The van der Waals surface area contributed by atoms with Crippen molar-refractivity contribution in [2.45, 2.75) is 13.0 Å². The van der Waals surface area contributed by atoms with E-state index in [1.165, 1.54) is 11.3 Å². The van der Waals surface area contributed by atoms with E-state index in [1.54, 1.807) is 18.6 Å². The molecule has 100 valence electrons. The molecule has 19 heavy (non-hydrogen) atoms. The fraction of sp³-hybridized carbons (Fsp3) is 0.182. The highest BCUT2D eigenvalue weighted by Crippen LogP contribution is 2.28. The minimum Gasteiger partial charge on any atom is -0.375 e. The molecule has 0 aliphatic rings. The second kappa shape index (κ2) is 5.27. The molecule has 0 bridgehead atoms. The number of nitrogens with zero attached hydrogens (tertiary/aromatic N) is 2. The first-order valence-electron chi connectivity index (χ1n) is 5.27. The van der Waals surface area contributed by atoms with Crippen molar-refractivity contribution in [2.75, 3.05) is 5.32 Å². The minimum absolute atomic E-state index is 0.117. The molecule has 5 nitrogen and oxygen atoms in total. The highest BCUT2D eigenvalue weighted by Gasteiger charge is 2.19. The number of thiazole rings is 1. The predicted octanol–water partition coefficient (Wildman–Crippen LogP) is 3.50. The number of benzene rings is 1. The molecule has 1 atom stereocenters. The van der Waals surface area contributed by atoms with Crippen LogP contribution in [-0.2, 0) is 0 Å². The van der Waals surface area contributed by atoms with E-state index in [4.69, 9.17) is 0 Å². The van der Waals surface area contributed by atoms with Gasteiger partial charge in [-0.05, 0) is 6.92 Å². The van der Waals surface area contributed by atoms with E-state index in [1.807, 2.05) is 0 Å². The maximum atomic E-state index is 13.6. The van der Waals surface area contributed by atoms with E-state index in [9.17, 15) is 18.9 Å². The van der Waals surface area contributed by atoms with Crippen LogP contribution in [0.5, 0.6) is 0 Å². The number of nitro groups is 1. The van der Waals surface area contributed by atoms with Gasteiger partial charge < -0.3 is 5.32 Å². The van der Waals surface area contributed by atoms with Crippen LogP contribution in [0.2, 0.25) is 0 Å². The number of nitrogens with one attached hydrogen (secondary N) is 1. The average Bonchev–Trinajstić information content (AvgIpc) is 2.85. The summed E-state index contributed by atoms with van der Waals surface area (Å²) in [7, 11) is 0. The second-order valence-corrected chi connectivity index (χ2v) is 4.73. The first kappa shape index (κ1) is 13.3. The summed E-state index contributed by atoms with van der Waals surface area (Å²) in [4.78, 5) is 14.4. The highest BCUT2D eigenvalue weighted by molar-refractivity contribution is 7.09. The lowest BCUT2D eigenvalue weighted by atomic mass is 10.2. The first-order chi connectivity index (χ1) is 8.99. The molecular weight excluding hydrogens is 276 g/mol. The fourth-order valence-corrected chi connectivity index (χ4v) is 2.16. The Morgan fingerprint density at radius 1 is 1.42 bits per heavy atom. The molecule has 0 amide bonds. The van der Waals surface area contributed by atoms with Crippen molar-refractivity contribution in [3.63, 3.8) is 0 Å². The molecule has 2 aromatic rings. The molecule has 1 heterocycles. The van der Waals surface area contributed by atoms with E-state index in [2.05, 4.69) is 10.3 Å². The number of nitro benzene ring substituents is 1. The van der Waals surface area contributed by atoms with Crippen LogP contribution in [0.4, 0.5) is 20.2 Å². The van der Waals surface area contributed by atoms with Gasteiger partial charge in [-0.1, -0.05) is 0 Å². The third-order valence-electron chi connectivity index (χ3n) is 2.48. The largest absolute Gasteiger partial charge is 0.375 e. The molecule has 1 aromatic carbocycles. The molecule has 0 aliphatic heterocycles. The molecule has 1 N–H and O–H groups in total. The molecule has 1 aromatic heterocycles. The van der Waals surface area contributed by atoms with Crippen molar-refractivity contribution in [3.8, 4) is 0 Å². The van der Waals surface area contributed by atoms with E-state index in [-0.39, 0.29) is 11.7 Å². The Balaban J connectivity index is 2.30. The van der Waals surface area contributed by atoms with Gasteiger partial charge in [-0.3, -0.25) is 15.1 Å². The summed E-state index contributed by atoms with van der Waals surface area (Å²) < 4.78 is 26.7. The molecule has 0 spiro atoms. The van der Waals surface area contributed by atoms with Crippen molar-refractivity contribution in [2.24, 2.45) is 0 Å². The van der Waals surface area contributed by atoms with Gasteiger partial charge in [-0.25, -0.2) is 4.39 Å². The Labute approximate surface area is 111 Å². The number of halogens is 2. The lowest BCUT2D eigenvalue weighted by Crippen LogP contribution is -2.07. The van der Waals surface area contributed by atoms with Crippen LogP contribution in [0.1, 0.15) is 17.8 Å². The van der Waals surface area contributed by atoms with Crippen molar-refractivity contribution in [1.82, 2.24) is 4.98 Å². The molecule has 0 radical (unpaired) electrons. The smallest absolute Gasteiger partial charge is 0.307 e. The molecule has 2 rings (SSSR count). The summed E-state index contributed by atoms with van der Waals surface area (Å²) in [6, 6.07) is 1.06. The SMILES string of the molecule is CC(Nc1cc([N+](=O)[O-])c(F)cc1F)c1cncs1. The molecule has 0 fully saturated rings. The number of aromatic nitrogens is 1. The fourth-order valence-electron chi connectivity index (χ4n) is 1.53. The van der Waals surface area contributed by atoms with Crippen LogP contribution in [-0.4, -0.2) is 9.91 Å². The summed E-state index contributed by atoms with van der Waals surface area (Å²) in [5, 5.41) is 13.4. The number of anilines is 1. The predicted molar refractivity (Wildman–Crippen MR) is 67.2 cm³/mol. The van der Waals surface area contributed by atoms with Gasteiger partial charge >= 0.3 is 5.69 Å². The first-order valence-corrected chi connectivity index (χ1v) is 6.15. The van der Waals surface area contributed by atoms with Gasteiger partial charge in [0.05, 0.1) is 22.2 Å². The molecule has 0 saturated heterocycles. The van der Waals surface area contributed by atoms with Gasteiger partial charge in [-0.2, -0.15) is 4.39 Å². The molecule has 0 saturated carbocycles. The Morgan fingerprint density at radius 2 is 2.16 bits per heavy atom. The third kappa shape index (κ3) is 2.84. The van der Waals surface area contributed by atoms with Crippen LogP contribution in [0, 0.1) is 21.7 Å². The van der Waals surface area contributed by atoms with Gasteiger partial charge in [0.2, 0.25) is 5.82 Å². The summed E-state index contributed by atoms with van der Waals surface area (Å²) >= 11 is 1.37. The Bertz CT molecular complexity index is 604. The summed E-state index contributed by atoms with van der Waals surface area (Å²) in [6.45, 7) is 1.75. The molecule has 1 unspecified atom stereocenters. The lowest BCUT2D eigenvalue weighted by molar-refractivity contribution is -0.387. The van der Waals surface area contributed by atoms with Crippen molar-refractivity contribution in [1.29, 1.82) is 0 Å². The van der Waals surface area contributed by atoms with E-state index in [0.717, 1.165) is 10.9 Å². The standard InChI is InChI=1S/C11H9F2N3O2S/c1-6(11-4-14-5-19-11)15-9-3-10(16(17)18)8(13)2-7(9)12/h2-6,15H,1H3. The Morgan fingerprint density at radius 3 is 2.74 bits per heavy atom. The third-order valence-corrected chi connectivity index (χ3v) is 3.44. The zero-order valence-electron chi connectivity index (χ0n) is 9.76. The summed E-state index contributed by atoms with van der Waals surface area (Å²) in [5.41, 5.74) is 0.742. The average molecular weight is 285 g/mol. The van der Waals surface area contributed by atoms with Gasteiger partial charge in [0.1, 0.15) is 5.82 Å². The van der Waals surface area contributed by atoms with E-state index >= 15 is 0 Å². The van der Waals surface area contributed by atoms with Crippen LogP contribution < -0.4 is 5.32 Å². The lowest BCUT2D eigenvalue weighted by Gasteiger charge is -2.13. The Kier molecular flexibility index (Phi) is 3.70. The van der Waals surface area contributed by atoms with Crippen LogP contribution >= 0.6 is 11.3 Å². The van der Waals surface area contributed by atoms with Crippen molar-refractivity contribution < 1.29 is 13.7 Å². The maximum Gasteiger partial charge on any atom is 0.307 e. The van der Waals surface area contributed by atoms with Crippen LogP contribution in [0.3, 0.4) is 0 Å². The van der Waals surface area contributed by atoms with Gasteiger partial charge in [0.15, 0.2) is 0 Å². The Hall–Kier alpha value is -2.09. The van der Waals surface area contributed by atoms with Gasteiger partial charge in [0, 0.05) is 23.2 Å². The van der Waals surface area contributed by atoms with Crippen LogP contribution in [0.15, 0.2) is 23.8 Å². The highest BCUT2D eigenvalue weighted by atomic mass is 32.1. The molecule has 8 heteroatoms. The molecular formula is C11H9F2N3O2S. The van der Waals surface area contributed by atoms with Crippen molar-refractivity contribution in [3.05, 3.63) is 50.5 Å². The van der Waals surface area contributed by atoms with Crippen LogP contribution in [0.25, 0.3) is 0 Å². The molecule has 0 aliphatic carbocycles. The maximum absolute atomic E-state index is 13.6. The topological polar surface area (TPSA) is 68.1 Å². The second-order valence-electron chi connectivity index (χ2n) is 3.81. The summed E-state index contributed by atoms with van der Waals surface area (Å²) in [6.07, 6.45) is 1.61. The normalized spacial score (nSPS) is 12.2. The number of rotatable bonds is 4. The minimum atomic E-state index is -1.20. The quantitative estimate of drug-likeness (QED) is 0.689. The number of hydrogen-bond acceptors (Lipinski definition) is 5. The van der Waals surface area contributed by atoms with E-state index < -0.39 is 22.2 Å². The van der Waals surface area contributed by atoms with Gasteiger partial charge in [0.25, 0.3) is 0 Å². The van der Waals surface area contributed by atoms with E-state index in [0.29, 0.717) is 6.07 Å². The monoisotopic (exact) mass is 285 g/mol. The zero-order valence-corrected chi connectivity index (χ0v) is 10.6. The summed E-state index contributed by atoms with van der Waals surface area (Å²) in [5.74, 6) is -2.07. The zero-order chi connectivity index (χ0) is 14.0. The van der Waals surface area contributed by atoms with Gasteiger partial charge in [-0.15, -0.1) is 11.3 Å².